The summed E-state index contributed by atoms with van der Waals surface area (Å²) in [5.74, 6) is 0. The SMILES string of the molecule is N#Cc1ncc(NC2CCOCC2)cc1Br. The van der Waals surface area contributed by atoms with Gasteiger partial charge in [-0.15, -0.1) is 0 Å². The molecule has 0 amide bonds. The van der Waals surface area contributed by atoms with Gasteiger partial charge in [-0.3, -0.25) is 0 Å². The van der Waals surface area contributed by atoms with Crippen molar-refractivity contribution in [3.05, 3.63) is 22.4 Å². The van der Waals surface area contributed by atoms with Gasteiger partial charge >= 0.3 is 0 Å². The van der Waals surface area contributed by atoms with Crippen LogP contribution in [0.3, 0.4) is 0 Å². The lowest BCUT2D eigenvalue weighted by molar-refractivity contribution is 0.0904. The first-order valence-corrected chi connectivity index (χ1v) is 5.99. The maximum atomic E-state index is 8.75. The molecule has 0 saturated carbocycles. The lowest BCUT2D eigenvalue weighted by atomic mass is 10.1. The van der Waals surface area contributed by atoms with E-state index < -0.39 is 0 Å². The van der Waals surface area contributed by atoms with Crippen LogP contribution >= 0.6 is 15.9 Å². The fourth-order valence-corrected chi connectivity index (χ4v) is 2.11. The van der Waals surface area contributed by atoms with E-state index in [1.165, 1.54) is 0 Å². The molecule has 1 fully saturated rings. The molecule has 1 aliphatic heterocycles. The monoisotopic (exact) mass is 281 g/mol. The standard InChI is InChI=1S/C11H12BrN3O/c12-10-5-9(7-14-11(10)6-13)15-8-1-3-16-4-2-8/h5,7-8,15H,1-4H2. The number of nitrogens with one attached hydrogen (secondary N) is 1. The van der Waals surface area contributed by atoms with E-state index in [0.29, 0.717) is 11.7 Å². The fraction of sp³-hybridized carbons (Fsp3) is 0.455. The molecule has 5 heteroatoms. The number of hydrogen-bond acceptors (Lipinski definition) is 4. The van der Waals surface area contributed by atoms with Crippen molar-refractivity contribution < 1.29 is 4.74 Å². The first kappa shape index (κ1) is 11.4. The number of pyridine rings is 1. The third-order valence-electron chi connectivity index (χ3n) is 2.54. The Bertz CT molecular complexity index is 410. The van der Waals surface area contributed by atoms with Crippen LogP contribution in [-0.2, 0) is 4.74 Å². The van der Waals surface area contributed by atoms with Crippen LogP contribution in [0, 0.1) is 11.3 Å². The summed E-state index contributed by atoms with van der Waals surface area (Å²) in [5.41, 5.74) is 1.36. The second-order valence-electron chi connectivity index (χ2n) is 3.70. The summed E-state index contributed by atoms with van der Waals surface area (Å²) in [6.45, 7) is 1.62. The van der Waals surface area contributed by atoms with Crippen molar-refractivity contribution in [1.82, 2.24) is 4.98 Å². The number of nitriles is 1. The molecule has 1 aliphatic rings. The Morgan fingerprint density at radius 1 is 1.50 bits per heavy atom. The van der Waals surface area contributed by atoms with Gasteiger partial charge < -0.3 is 10.1 Å². The predicted molar refractivity (Wildman–Crippen MR) is 64.1 cm³/mol. The maximum Gasteiger partial charge on any atom is 0.154 e. The number of hydrogen-bond donors (Lipinski definition) is 1. The molecule has 0 unspecified atom stereocenters. The number of aromatic nitrogens is 1. The van der Waals surface area contributed by atoms with Crippen LogP contribution in [0.4, 0.5) is 5.69 Å². The second kappa shape index (κ2) is 5.28. The van der Waals surface area contributed by atoms with Crippen molar-refractivity contribution in [2.75, 3.05) is 18.5 Å². The molecule has 1 aromatic rings. The van der Waals surface area contributed by atoms with Gasteiger partial charge in [-0.1, -0.05) is 0 Å². The molecule has 2 heterocycles. The summed E-state index contributed by atoms with van der Waals surface area (Å²) in [6.07, 6.45) is 3.72. The minimum Gasteiger partial charge on any atom is -0.381 e. The number of anilines is 1. The summed E-state index contributed by atoms with van der Waals surface area (Å²) >= 11 is 3.32. The number of rotatable bonds is 2. The molecule has 84 valence electrons. The Morgan fingerprint density at radius 2 is 2.25 bits per heavy atom. The largest absolute Gasteiger partial charge is 0.381 e. The van der Waals surface area contributed by atoms with Crippen molar-refractivity contribution in [2.45, 2.75) is 18.9 Å². The van der Waals surface area contributed by atoms with Crippen molar-refractivity contribution in [3.63, 3.8) is 0 Å². The van der Waals surface area contributed by atoms with Crippen LogP contribution in [0.15, 0.2) is 16.7 Å². The van der Waals surface area contributed by atoms with Gasteiger partial charge in [-0.25, -0.2) is 4.98 Å². The minimum atomic E-state index is 0.414. The Morgan fingerprint density at radius 3 is 2.88 bits per heavy atom. The molecule has 4 nitrogen and oxygen atoms in total. The molecule has 1 aromatic heterocycles. The molecule has 16 heavy (non-hydrogen) atoms. The zero-order valence-electron chi connectivity index (χ0n) is 8.74. The molecule has 0 aromatic carbocycles. The zero-order valence-corrected chi connectivity index (χ0v) is 10.3. The van der Waals surface area contributed by atoms with Crippen LogP contribution < -0.4 is 5.32 Å². The van der Waals surface area contributed by atoms with Crippen LogP contribution in [0.5, 0.6) is 0 Å². The van der Waals surface area contributed by atoms with E-state index in [1.54, 1.807) is 6.20 Å². The van der Waals surface area contributed by atoms with E-state index in [9.17, 15) is 0 Å². The molecule has 0 bridgehead atoms. The summed E-state index contributed by atoms with van der Waals surface area (Å²) in [7, 11) is 0. The topological polar surface area (TPSA) is 57.9 Å². The average molecular weight is 282 g/mol. The number of nitrogens with zero attached hydrogens (tertiary/aromatic N) is 2. The quantitative estimate of drug-likeness (QED) is 0.904. The Kier molecular flexibility index (Phi) is 3.75. The summed E-state index contributed by atoms with van der Waals surface area (Å²) in [5, 5.41) is 12.1. The molecule has 0 aliphatic carbocycles. The molecule has 2 rings (SSSR count). The third kappa shape index (κ3) is 2.71. The van der Waals surface area contributed by atoms with Crippen molar-refractivity contribution >= 4 is 21.6 Å². The Balaban J connectivity index is 2.04. The summed E-state index contributed by atoms with van der Waals surface area (Å²) in [4.78, 5) is 4.06. The average Bonchev–Trinajstić information content (AvgIpc) is 2.31. The van der Waals surface area contributed by atoms with E-state index in [4.69, 9.17) is 10.00 Å². The molecular formula is C11H12BrN3O. The first-order valence-electron chi connectivity index (χ1n) is 5.19. The number of ether oxygens (including phenoxy) is 1. The molecule has 0 radical (unpaired) electrons. The van der Waals surface area contributed by atoms with Crippen molar-refractivity contribution in [1.29, 1.82) is 5.26 Å². The Labute approximate surface area is 103 Å². The smallest absolute Gasteiger partial charge is 0.154 e. The molecular weight excluding hydrogens is 270 g/mol. The van der Waals surface area contributed by atoms with Crippen LogP contribution in [0.25, 0.3) is 0 Å². The van der Waals surface area contributed by atoms with E-state index >= 15 is 0 Å². The lowest BCUT2D eigenvalue weighted by Crippen LogP contribution is -2.27. The summed E-state index contributed by atoms with van der Waals surface area (Å²) in [6, 6.07) is 4.35. The fourth-order valence-electron chi connectivity index (χ4n) is 1.68. The zero-order chi connectivity index (χ0) is 11.4. The van der Waals surface area contributed by atoms with Crippen LogP contribution in [-0.4, -0.2) is 24.2 Å². The van der Waals surface area contributed by atoms with Crippen LogP contribution in [0.2, 0.25) is 0 Å². The van der Waals surface area contributed by atoms with Gasteiger partial charge in [-0.05, 0) is 34.8 Å². The van der Waals surface area contributed by atoms with E-state index in [1.807, 2.05) is 12.1 Å². The minimum absolute atomic E-state index is 0.414. The second-order valence-corrected chi connectivity index (χ2v) is 4.55. The highest BCUT2D eigenvalue weighted by molar-refractivity contribution is 9.10. The number of halogens is 1. The van der Waals surface area contributed by atoms with E-state index in [0.717, 1.165) is 36.2 Å². The van der Waals surface area contributed by atoms with Gasteiger partial charge in [-0.2, -0.15) is 5.26 Å². The molecule has 1 N–H and O–H groups in total. The van der Waals surface area contributed by atoms with Gasteiger partial charge in [0.05, 0.1) is 16.4 Å². The highest BCUT2D eigenvalue weighted by atomic mass is 79.9. The van der Waals surface area contributed by atoms with Crippen molar-refractivity contribution in [2.24, 2.45) is 0 Å². The highest BCUT2D eigenvalue weighted by Crippen LogP contribution is 2.20. The van der Waals surface area contributed by atoms with E-state index in [-0.39, 0.29) is 0 Å². The van der Waals surface area contributed by atoms with Crippen LogP contribution in [0.1, 0.15) is 18.5 Å². The molecule has 0 spiro atoms. The van der Waals surface area contributed by atoms with E-state index in [2.05, 4.69) is 26.2 Å². The molecule has 1 saturated heterocycles. The van der Waals surface area contributed by atoms with Gasteiger partial charge in [0.1, 0.15) is 6.07 Å². The first-order chi connectivity index (χ1) is 7.79. The van der Waals surface area contributed by atoms with Gasteiger partial charge in [0.2, 0.25) is 0 Å². The Hall–Kier alpha value is -1.12. The third-order valence-corrected chi connectivity index (χ3v) is 3.14. The lowest BCUT2D eigenvalue weighted by Gasteiger charge is -2.24. The predicted octanol–water partition coefficient (Wildman–Crippen LogP) is 2.31. The maximum absolute atomic E-state index is 8.75. The summed E-state index contributed by atoms with van der Waals surface area (Å²) < 4.78 is 6.02. The van der Waals surface area contributed by atoms with Gasteiger partial charge in [0.15, 0.2) is 5.69 Å². The normalized spacial score (nSPS) is 16.8. The van der Waals surface area contributed by atoms with Gasteiger partial charge in [0.25, 0.3) is 0 Å². The van der Waals surface area contributed by atoms with Gasteiger partial charge in [0, 0.05) is 19.3 Å². The molecule has 0 atom stereocenters. The highest BCUT2D eigenvalue weighted by Gasteiger charge is 2.13. The van der Waals surface area contributed by atoms with Crippen molar-refractivity contribution in [3.8, 4) is 6.07 Å².